The Hall–Kier alpha value is -2.14. The lowest BCUT2D eigenvalue weighted by Gasteiger charge is -2.32. The van der Waals surface area contributed by atoms with Crippen molar-refractivity contribution in [2.24, 2.45) is 11.8 Å². The van der Waals surface area contributed by atoms with Crippen LogP contribution in [0.1, 0.15) is 25.5 Å². The molecule has 116 valence electrons. The molecule has 2 atom stereocenters. The number of aromatic nitrogens is 2. The maximum Gasteiger partial charge on any atom is 0.223 e. The van der Waals surface area contributed by atoms with E-state index < -0.39 is 0 Å². The number of imidazole rings is 1. The summed E-state index contributed by atoms with van der Waals surface area (Å²) in [4.78, 5) is 16.4. The van der Waals surface area contributed by atoms with Gasteiger partial charge in [0.05, 0.1) is 12.4 Å². The van der Waals surface area contributed by atoms with Crippen LogP contribution in [-0.2, 0) is 4.79 Å². The van der Waals surface area contributed by atoms with Crippen molar-refractivity contribution in [1.29, 1.82) is 0 Å². The fourth-order valence-electron chi connectivity index (χ4n) is 2.67. The summed E-state index contributed by atoms with van der Waals surface area (Å²) in [6, 6.07) is 8.16. The van der Waals surface area contributed by atoms with Crippen LogP contribution in [-0.4, -0.2) is 28.5 Å². The summed E-state index contributed by atoms with van der Waals surface area (Å²) in [5.41, 5.74) is 2.14. The number of benzene rings is 1. The van der Waals surface area contributed by atoms with E-state index in [2.05, 4.69) is 21.7 Å². The second-order valence-corrected chi connectivity index (χ2v) is 6.00. The third-order valence-corrected chi connectivity index (χ3v) is 4.47. The van der Waals surface area contributed by atoms with Crippen molar-refractivity contribution < 1.29 is 4.79 Å². The zero-order chi connectivity index (χ0) is 15.5. The van der Waals surface area contributed by atoms with E-state index in [4.69, 9.17) is 0 Å². The lowest BCUT2D eigenvalue weighted by Crippen LogP contribution is -2.49. The number of amides is 1. The van der Waals surface area contributed by atoms with Gasteiger partial charge in [-0.1, -0.05) is 19.1 Å². The molecule has 0 saturated carbocycles. The molecule has 22 heavy (non-hydrogen) atoms. The Kier molecular flexibility index (Phi) is 4.24. The minimum Gasteiger partial charge on any atom is -0.349 e. The largest absolute Gasteiger partial charge is 0.349 e. The summed E-state index contributed by atoms with van der Waals surface area (Å²) >= 11 is 0. The normalized spacial score (nSPS) is 17.5. The number of hydrogen-bond donors (Lipinski definition) is 2. The van der Waals surface area contributed by atoms with Crippen molar-refractivity contribution in [3.8, 4) is 5.69 Å². The monoisotopic (exact) mass is 298 g/mol. The molecule has 1 aromatic carbocycles. The molecule has 0 spiro atoms. The van der Waals surface area contributed by atoms with Gasteiger partial charge in [-0.3, -0.25) is 4.79 Å². The van der Waals surface area contributed by atoms with Crippen LogP contribution in [0.25, 0.3) is 5.69 Å². The van der Waals surface area contributed by atoms with Gasteiger partial charge in [-0.25, -0.2) is 4.98 Å². The van der Waals surface area contributed by atoms with Crippen molar-refractivity contribution in [3.63, 3.8) is 0 Å². The average molecular weight is 298 g/mol. The molecular weight excluding hydrogens is 276 g/mol. The van der Waals surface area contributed by atoms with Gasteiger partial charge in [0.2, 0.25) is 5.91 Å². The Bertz CT molecular complexity index is 634. The SMILES string of the molecule is CC(NC(=O)C(C)C1CNC1)c1cccc(-n2ccnc2)c1. The van der Waals surface area contributed by atoms with Crippen molar-refractivity contribution in [1.82, 2.24) is 20.2 Å². The molecule has 1 saturated heterocycles. The maximum atomic E-state index is 12.3. The van der Waals surface area contributed by atoms with Crippen LogP contribution in [0.4, 0.5) is 0 Å². The van der Waals surface area contributed by atoms with E-state index in [1.165, 1.54) is 0 Å². The number of nitrogens with zero attached hydrogens (tertiary/aromatic N) is 2. The molecule has 1 aromatic heterocycles. The van der Waals surface area contributed by atoms with Crippen molar-refractivity contribution in [2.75, 3.05) is 13.1 Å². The van der Waals surface area contributed by atoms with Crippen molar-refractivity contribution >= 4 is 5.91 Å². The number of nitrogens with one attached hydrogen (secondary N) is 2. The summed E-state index contributed by atoms with van der Waals surface area (Å²) in [5, 5.41) is 6.34. The van der Waals surface area contributed by atoms with E-state index in [-0.39, 0.29) is 17.9 Å². The summed E-state index contributed by atoms with van der Waals surface area (Å²) in [7, 11) is 0. The lowest BCUT2D eigenvalue weighted by atomic mass is 9.88. The van der Waals surface area contributed by atoms with E-state index >= 15 is 0 Å². The first-order valence-corrected chi connectivity index (χ1v) is 7.74. The highest BCUT2D eigenvalue weighted by molar-refractivity contribution is 5.79. The van der Waals surface area contributed by atoms with Crippen LogP contribution < -0.4 is 10.6 Å². The Morgan fingerprint density at radius 3 is 2.86 bits per heavy atom. The zero-order valence-electron chi connectivity index (χ0n) is 13.0. The molecule has 2 heterocycles. The van der Waals surface area contributed by atoms with Crippen LogP contribution in [0.3, 0.4) is 0 Å². The van der Waals surface area contributed by atoms with Crippen LogP contribution in [0, 0.1) is 11.8 Å². The predicted octanol–water partition coefficient (Wildman–Crippen LogP) is 1.90. The fraction of sp³-hybridized carbons (Fsp3) is 0.412. The van der Waals surface area contributed by atoms with E-state index in [0.717, 1.165) is 24.3 Å². The predicted molar refractivity (Wildman–Crippen MR) is 85.6 cm³/mol. The molecule has 5 heteroatoms. The maximum absolute atomic E-state index is 12.3. The van der Waals surface area contributed by atoms with Gasteiger partial charge in [0.15, 0.2) is 0 Å². The smallest absolute Gasteiger partial charge is 0.223 e. The van der Waals surface area contributed by atoms with Gasteiger partial charge in [0.1, 0.15) is 0 Å². The van der Waals surface area contributed by atoms with Crippen LogP contribution >= 0.6 is 0 Å². The zero-order valence-corrected chi connectivity index (χ0v) is 13.0. The molecule has 3 rings (SSSR count). The molecule has 0 aliphatic carbocycles. The van der Waals surface area contributed by atoms with Gasteiger partial charge in [0.25, 0.3) is 0 Å². The van der Waals surface area contributed by atoms with Gasteiger partial charge in [0, 0.05) is 24.0 Å². The Labute approximate surface area is 130 Å². The molecule has 0 radical (unpaired) electrons. The van der Waals surface area contributed by atoms with E-state index in [1.54, 1.807) is 12.5 Å². The summed E-state index contributed by atoms with van der Waals surface area (Å²) in [5.74, 6) is 0.650. The molecule has 1 amide bonds. The van der Waals surface area contributed by atoms with Gasteiger partial charge in [-0.05, 0) is 43.6 Å². The number of carbonyl (C=O) groups excluding carboxylic acids is 1. The molecular formula is C17H22N4O. The quantitative estimate of drug-likeness (QED) is 0.886. The minimum absolute atomic E-state index is 0.00791. The molecule has 1 aliphatic heterocycles. The first-order chi connectivity index (χ1) is 10.6. The first-order valence-electron chi connectivity index (χ1n) is 7.74. The van der Waals surface area contributed by atoms with Crippen molar-refractivity contribution in [3.05, 3.63) is 48.5 Å². The standard InChI is InChI=1S/C17H22N4O/c1-12(15-9-19-10-15)17(22)20-13(2)14-4-3-5-16(8-14)21-7-6-18-11-21/h3-8,11-13,15,19H,9-10H2,1-2H3,(H,20,22). The molecule has 2 aromatic rings. The summed E-state index contributed by atoms with van der Waals surface area (Å²) < 4.78 is 1.96. The summed E-state index contributed by atoms with van der Waals surface area (Å²) in [6.45, 7) is 5.92. The van der Waals surface area contributed by atoms with Crippen molar-refractivity contribution in [2.45, 2.75) is 19.9 Å². The second-order valence-electron chi connectivity index (χ2n) is 6.00. The van der Waals surface area contributed by atoms with Crippen LogP contribution in [0.15, 0.2) is 43.0 Å². The highest BCUT2D eigenvalue weighted by atomic mass is 16.1. The number of hydrogen-bond acceptors (Lipinski definition) is 3. The number of rotatable bonds is 5. The molecule has 0 bridgehead atoms. The molecule has 2 unspecified atom stereocenters. The third-order valence-electron chi connectivity index (χ3n) is 4.47. The highest BCUT2D eigenvalue weighted by Crippen LogP contribution is 2.20. The average Bonchev–Trinajstić information content (AvgIpc) is 2.99. The van der Waals surface area contributed by atoms with Gasteiger partial charge in [-0.2, -0.15) is 0 Å². The number of carbonyl (C=O) groups is 1. The van der Waals surface area contributed by atoms with E-state index in [1.807, 2.05) is 42.8 Å². The lowest BCUT2D eigenvalue weighted by molar-refractivity contribution is -0.127. The Morgan fingerprint density at radius 1 is 1.41 bits per heavy atom. The topological polar surface area (TPSA) is 59.0 Å². The fourth-order valence-corrected chi connectivity index (χ4v) is 2.67. The summed E-state index contributed by atoms with van der Waals surface area (Å²) in [6.07, 6.45) is 5.44. The minimum atomic E-state index is -0.00791. The first kappa shape index (κ1) is 14.8. The van der Waals surface area contributed by atoms with Gasteiger partial charge in [-0.15, -0.1) is 0 Å². The van der Waals surface area contributed by atoms with E-state index in [9.17, 15) is 4.79 Å². The highest BCUT2D eigenvalue weighted by Gasteiger charge is 2.29. The molecule has 1 fully saturated rings. The Morgan fingerprint density at radius 2 is 2.23 bits per heavy atom. The second kappa shape index (κ2) is 6.32. The molecule has 1 aliphatic rings. The van der Waals surface area contributed by atoms with Gasteiger partial charge >= 0.3 is 0 Å². The van der Waals surface area contributed by atoms with Gasteiger partial charge < -0.3 is 15.2 Å². The Balaban J connectivity index is 1.68. The third kappa shape index (κ3) is 3.04. The van der Waals surface area contributed by atoms with Crippen LogP contribution in [0.2, 0.25) is 0 Å². The van der Waals surface area contributed by atoms with E-state index in [0.29, 0.717) is 5.92 Å². The van der Waals surface area contributed by atoms with Crippen LogP contribution in [0.5, 0.6) is 0 Å². The molecule has 2 N–H and O–H groups in total. The molecule has 5 nitrogen and oxygen atoms in total.